The van der Waals surface area contributed by atoms with Crippen molar-refractivity contribution in [3.63, 3.8) is 0 Å². The summed E-state index contributed by atoms with van der Waals surface area (Å²) in [4.78, 5) is 33.1. The number of hydrogen-bond acceptors (Lipinski definition) is 6. The van der Waals surface area contributed by atoms with E-state index in [-0.39, 0.29) is 11.9 Å². The van der Waals surface area contributed by atoms with Crippen molar-refractivity contribution in [3.8, 4) is 0 Å². The number of hydrogen-bond donors (Lipinski definition) is 3. The second-order valence-electron chi connectivity index (χ2n) is 12.1. The van der Waals surface area contributed by atoms with E-state index in [4.69, 9.17) is 20.3 Å². The highest BCUT2D eigenvalue weighted by Gasteiger charge is 2.03. The summed E-state index contributed by atoms with van der Waals surface area (Å²) in [5, 5.41) is 10.7. The second kappa shape index (κ2) is 39.2. The Bertz CT molecular complexity index is 617. The highest BCUT2D eigenvalue weighted by molar-refractivity contribution is 5.69. The molecule has 1 amide bonds. The molecule has 0 saturated carbocycles. The van der Waals surface area contributed by atoms with Gasteiger partial charge < -0.3 is 25.6 Å². The van der Waals surface area contributed by atoms with E-state index in [1.807, 2.05) is 0 Å². The Kier molecular flexibility index (Phi) is 39.5. The van der Waals surface area contributed by atoms with E-state index in [9.17, 15) is 14.4 Å². The summed E-state index contributed by atoms with van der Waals surface area (Å²) in [7, 11) is 0. The van der Waals surface area contributed by atoms with Gasteiger partial charge in [-0.1, -0.05) is 136 Å². The van der Waals surface area contributed by atoms with Gasteiger partial charge in [0.1, 0.15) is 0 Å². The normalized spacial score (nSPS) is 10.6. The van der Waals surface area contributed by atoms with E-state index in [1.54, 1.807) is 0 Å². The number of carbonyl (C=O) groups is 3. The highest BCUT2D eigenvalue weighted by Crippen LogP contribution is 2.12. The number of unbranched alkanes of at least 4 members (excludes halogenated alkanes) is 21. The van der Waals surface area contributed by atoms with Crippen LogP contribution in [0.15, 0.2) is 0 Å². The fourth-order valence-electron chi connectivity index (χ4n) is 4.88. The van der Waals surface area contributed by atoms with E-state index in [2.05, 4.69) is 19.2 Å². The molecule has 0 radical (unpaired) electrons. The second-order valence-corrected chi connectivity index (χ2v) is 12.1. The van der Waals surface area contributed by atoms with E-state index in [0.717, 1.165) is 51.4 Å². The molecule has 0 aromatic carbocycles. The first-order valence-electron chi connectivity index (χ1n) is 18.5. The average molecular weight is 629 g/mol. The maximum absolute atomic E-state index is 11.5. The number of nitrogens with one attached hydrogen (secondary N) is 1. The zero-order valence-corrected chi connectivity index (χ0v) is 29.0. The summed E-state index contributed by atoms with van der Waals surface area (Å²) >= 11 is 0. The van der Waals surface area contributed by atoms with Crippen LogP contribution in [0.4, 0.5) is 4.79 Å². The maximum Gasteiger partial charge on any atom is 0.404 e. The van der Waals surface area contributed by atoms with Crippen LogP contribution in [-0.4, -0.2) is 49.4 Å². The molecule has 0 aromatic rings. The molecule has 0 aliphatic rings. The third kappa shape index (κ3) is 42.3. The molecule has 44 heavy (non-hydrogen) atoms. The molecule has 4 N–H and O–H groups in total. The van der Waals surface area contributed by atoms with Gasteiger partial charge in [0.15, 0.2) is 0 Å². The molecule has 0 fully saturated rings. The van der Waals surface area contributed by atoms with Gasteiger partial charge in [0.25, 0.3) is 0 Å². The van der Waals surface area contributed by atoms with Crippen molar-refractivity contribution in [1.29, 1.82) is 0 Å². The lowest BCUT2D eigenvalue weighted by molar-refractivity contribution is -0.144. The summed E-state index contributed by atoms with van der Waals surface area (Å²) in [5.41, 5.74) is 5.38. The van der Waals surface area contributed by atoms with Crippen LogP contribution < -0.4 is 11.1 Å². The smallest absolute Gasteiger partial charge is 0.404 e. The SMILES string of the molecule is CCCCCCCCCCCCOC(=O)CCCCCNC(=O)O.CCCCCCCCCCCCOC(=O)CCCCN. The number of esters is 2. The fraction of sp³-hybridized carbons (Fsp3) is 0.917. The number of rotatable bonds is 32. The summed E-state index contributed by atoms with van der Waals surface area (Å²) in [6.45, 7) is 6.74. The van der Waals surface area contributed by atoms with Gasteiger partial charge in [-0.15, -0.1) is 0 Å². The van der Waals surface area contributed by atoms with E-state index in [1.165, 1.54) is 109 Å². The molecular weight excluding hydrogens is 556 g/mol. The van der Waals surface area contributed by atoms with Gasteiger partial charge in [-0.05, 0) is 45.1 Å². The number of ether oxygens (including phenoxy) is 2. The molecule has 0 unspecified atom stereocenters. The summed E-state index contributed by atoms with van der Waals surface area (Å²) in [6.07, 6.45) is 29.9. The molecule has 262 valence electrons. The molecule has 0 bridgehead atoms. The van der Waals surface area contributed by atoms with Gasteiger partial charge in [-0.2, -0.15) is 0 Å². The van der Waals surface area contributed by atoms with Crippen molar-refractivity contribution in [3.05, 3.63) is 0 Å². The monoisotopic (exact) mass is 629 g/mol. The molecule has 0 rings (SSSR count). The van der Waals surface area contributed by atoms with E-state index in [0.29, 0.717) is 39.1 Å². The molecule has 0 atom stereocenters. The lowest BCUT2D eigenvalue weighted by atomic mass is 10.1. The van der Waals surface area contributed by atoms with Gasteiger partial charge in [0.2, 0.25) is 0 Å². The topological polar surface area (TPSA) is 128 Å². The van der Waals surface area contributed by atoms with Crippen LogP contribution in [0.5, 0.6) is 0 Å². The van der Waals surface area contributed by atoms with Gasteiger partial charge in [0, 0.05) is 19.4 Å². The molecule has 0 spiro atoms. The maximum atomic E-state index is 11.5. The molecular formula is C36H72N2O6. The quantitative estimate of drug-likeness (QED) is 0.0499. The van der Waals surface area contributed by atoms with Crippen LogP contribution in [0.25, 0.3) is 0 Å². The predicted molar refractivity (Wildman–Crippen MR) is 183 cm³/mol. The van der Waals surface area contributed by atoms with Gasteiger partial charge in [-0.25, -0.2) is 4.79 Å². The highest BCUT2D eigenvalue weighted by atomic mass is 16.5. The Balaban J connectivity index is 0. The van der Waals surface area contributed by atoms with Crippen LogP contribution in [0, 0.1) is 0 Å². The number of nitrogens with two attached hydrogens (primary N) is 1. The molecule has 0 aliphatic carbocycles. The first kappa shape index (κ1) is 44.3. The van der Waals surface area contributed by atoms with Crippen molar-refractivity contribution in [2.24, 2.45) is 5.73 Å². The van der Waals surface area contributed by atoms with Gasteiger partial charge in [0.05, 0.1) is 13.2 Å². The number of carbonyl (C=O) groups excluding carboxylic acids is 2. The fourth-order valence-corrected chi connectivity index (χ4v) is 4.88. The van der Waals surface area contributed by atoms with Crippen LogP contribution in [0.2, 0.25) is 0 Å². The van der Waals surface area contributed by atoms with Gasteiger partial charge in [-0.3, -0.25) is 9.59 Å². The Hall–Kier alpha value is -1.83. The van der Waals surface area contributed by atoms with E-state index >= 15 is 0 Å². The number of carboxylic acid groups (broad SMARTS) is 1. The minimum atomic E-state index is -0.995. The predicted octanol–water partition coefficient (Wildman–Crippen LogP) is 9.86. The minimum Gasteiger partial charge on any atom is -0.466 e. The van der Waals surface area contributed by atoms with Crippen molar-refractivity contribution in [2.75, 3.05) is 26.3 Å². The summed E-state index contributed by atoms with van der Waals surface area (Å²) < 4.78 is 10.4. The Morgan fingerprint density at radius 3 is 1.20 bits per heavy atom. The molecule has 0 heterocycles. The Morgan fingerprint density at radius 2 is 0.841 bits per heavy atom. The van der Waals surface area contributed by atoms with Crippen molar-refractivity contribution < 1.29 is 29.0 Å². The van der Waals surface area contributed by atoms with Crippen molar-refractivity contribution >= 4 is 18.0 Å². The lowest BCUT2D eigenvalue weighted by Gasteiger charge is -2.05. The first-order valence-corrected chi connectivity index (χ1v) is 18.5. The minimum absolute atomic E-state index is 0.0608. The third-order valence-corrected chi connectivity index (χ3v) is 7.69. The summed E-state index contributed by atoms with van der Waals surface area (Å²) in [6, 6.07) is 0. The number of amides is 1. The van der Waals surface area contributed by atoms with Gasteiger partial charge >= 0.3 is 18.0 Å². The standard InChI is InChI=1S/C19H37NO4.C17H35NO2/c1-2-3-4-5-6-7-8-9-10-14-17-24-18(21)15-12-11-13-16-20-19(22)23;1-2-3-4-5-6-7-8-9-10-13-16-20-17(19)14-11-12-15-18/h20H,2-17H2,1H3,(H,22,23);2-16,18H2,1H3. The van der Waals surface area contributed by atoms with E-state index < -0.39 is 6.09 Å². The largest absolute Gasteiger partial charge is 0.466 e. The molecule has 0 aromatic heterocycles. The first-order chi connectivity index (χ1) is 21.5. The Labute approximate surface area is 271 Å². The summed E-state index contributed by atoms with van der Waals surface area (Å²) in [5.74, 6) is -0.188. The third-order valence-electron chi connectivity index (χ3n) is 7.69. The zero-order valence-electron chi connectivity index (χ0n) is 29.0. The van der Waals surface area contributed by atoms with Crippen LogP contribution in [-0.2, 0) is 19.1 Å². The van der Waals surface area contributed by atoms with Crippen LogP contribution in [0.3, 0.4) is 0 Å². The molecule has 0 aliphatic heterocycles. The zero-order chi connectivity index (χ0) is 32.8. The van der Waals surface area contributed by atoms with Crippen LogP contribution >= 0.6 is 0 Å². The average Bonchev–Trinajstić information content (AvgIpc) is 3.00. The van der Waals surface area contributed by atoms with Crippen molar-refractivity contribution in [2.45, 2.75) is 187 Å². The Morgan fingerprint density at radius 1 is 0.500 bits per heavy atom. The lowest BCUT2D eigenvalue weighted by Crippen LogP contribution is -2.21. The molecule has 0 saturated heterocycles. The molecule has 8 heteroatoms. The van der Waals surface area contributed by atoms with Crippen LogP contribution in [0.1, 0.15) is 187 Å². The van der Waals surface area contributed by atoms with Crippen molar-refractivity contribution in [1.82, 2.24) is 5.32 Å². The molecule has 8 nitrogen and oxygen atoms in total.